The number of methoxy groups -OCH3 is 4. The van der Waals surface area contributed by atoms with Crippen molar-refractivity contribution in [1.29, 1.82) is 0 Å². The second-order valence-corrected chi connectivity index (χ2v) is 9.57. The molecule has 8 nitrogen and oxygen atoms in total. The van der Waals surface area contributed by atoms with E-state index >= 15 is 0 Å². The van der Waals surface area contributed by atoms with Gasteiger partial charge in [-0.15, -0.1) is 16.8 Å². The molecule has 0 fully saturated rings. The molecule has 0 spiro atoms. The third-order valence-corrected chi connectivity index (χ3v) is 7.40. The van der Waals surface area contributed by atoms with Crippen molar-refractivity contribution < 1.29 is 18.9 Å². The second-order valence-electron chi connectivity index (χ2n) is 8.85. The van der Waals surface area contributed by atoms with Gasteiger partial charge in [-0.2, -0.15) is 0 Å². The number of hydrogen-bond donors (Lipinski definition) is 0. The highest BCUT2D eigenvalue weighted by Gasteiger charge is 2.30. The molecule has 2 heterocycles. The van der Waals surface area contributed by atoms with E-state index in [9.17, 15) is 0 Å². The monoisotopic (exact) mass is 542 g/mol. The fourth-order valence-corrected chi connectivity index (χ4v) is 4.98. The van der Waals surface area contributed by atoms with Crippen molar-refractivity contribution in [2.45, 2.75) is 32.1 Å². The average Bonchev–Trinajstić information content (AvgIpc) is 2.87. The lowest BCUT2D eigenvalue weighted by Gasteiger charge is -2.30. The summed E-state index contributed by atoms with van der Waals surface area (Å²) in [5, 5.41) is 13.3. The highest BCUT2D eigenvalue weighted by atomic mass is 35.5. The molecule has 0 amide bonds. The van der Waals surface area contributed by atoms with E-state index in [1.807, 2.05) is 13.1 Å². The molecule has 202 valence electrons. The van der Waals surface area contributed by atoms with Crippen LogP contribution >= 0.6 is 23.2 Å². The van der Waals surface area contributed by atoms with Crippen molar-refractivity contribution in [3.63, 3.8) is 0 Å². The van der Waals surface area contributed by atoms with Gasteiger partial charge in [-0.3, -0.25) is 10.0 Å². The van der Waals surface area contributed by atoms with Crippen molar-refractivity contribution in [3.05, 3.63) is 46.3 Å². The van der Waals surface area contributed by atoms with Gasteiger partial charge in [-0.1, -0.05) is 41.4 Å². The predicted molar refractivity (Wildman–Crippen MR) is 147 cm³/mol. The zero-order valence-corrected chi connectivity index (χ0v) is 23.8. The molecule has 0 N–H and O–H groups in total. The lowest BCUT2D eigenvalue weighted by atomic mass is 9.85. The van der Waals surface area contributed by atoms with E-state index in [0.717, 1.165) is 36.8 Å². The molecule has 0 bridgehead atoms. The van der Waals surface area contributed by atoms with E-state index in [0.29, 0.717) is 41.7 Å². The number of ether oxygens (including phenoxy) is 4. The molecule has 10 heteroatoms. The lowest BCUT2D eigenvalue weighted by Crippen LogP contribution is -2.31. The van der Waals surface area contributed by atoms with Gasteiger partial charge in [0, 0.05) is 39.8 Å². The summed E-state index contributed by atoms with van der Waals surface area (Å²) in [7, 11) is 10.3. The normalized spacial score (nSPS) is 20.5. The van der Waals surface area contributed by atoms with Crippen LogP contribution in [0.1, 0.15) is 32.1 Å². The van der Waals surface area contributed by atoms with Crippen LogP contribution in [0, 0.1) is 17.8 Å². The Morgan fingerprint density at radius 1 is 1.03 bits per heavy atom. The number of nitrogens with zero attached hydrogens (tertiary/aromatic N) is 4. The minimum absolute atomic E-state index is 0.0152. The molecule has 0 aromatic carbocycles. The first kappa shape index (κ1) is 30.2. The van der Waals surface area contributed by atoms with E-state index in [4.69, 9.17) is 42.1 Å². The van der Waals surface area contributed by atoms with Crippen LogP contribution in [0.15, 0.2) is 56.5 Å². The maximum absolute atomic E-state index is 6.61. The van der Waals surface area contributed by atoms with Gasteiger partial charge in [0.2, 0.25) is 11.8 Å². The van der Waals surface area contributed by atoms with Crippen LogP contribution in [-0.2, 0) is 18.9 Å². The Labute approximate surface area is 225 Å². The maximum atomic E-state index is 6.61. The van der Waals surface area contributed by atoms with Crippen molar-refractivity contribution in [1.82, 2.24) is 10.0 Å². The summed E-state index contributed by atoms with van der Waals surface area (Å²) in [5.41, 5.74) is 2.06. The van der Waals surface area contributed by atoms with Crippen LogP contribution in [0.25, 0.3) is 0 Å². The molecule has 3 unspecified atom stereocenters. The molecule has 0 saturated heterocycles. The average molecular weight is 544 g/mol. The standard InChI is InChI=1S/C26H40Cl2N4O4/c1-8-18(14-19(16-33-4)21-15-23(35-6)29-31(2)24(21)27)12-10-9-11-13-20-22(17-34-5)25(28)32(3)30-26(20)36-7/h8-10,18-20H,1,11-17H2,2-7H3/b10-9-. The van der Waals surface area contributed by atoms with Gasteiger partial charge < -0.3 is 18.9 Å². The van der Waals surface area contributed by atoms with Crippen LogP contribution in [0.3, 0.4) is 0 Å². The van der Waals surface area contributed by atoms with Gasteiger partial charge in [0.15, 0.2) is 0 Å². The second kappa shape index (κ2) is 15.3. The summed E-state index contributed by atoms with van der Waals surface area (Å²) >= 11 is 13.1. The van der Waals surface area contributed by atoms with Crippen LogP contribution < -0.4 is 0 Å². The summed E-state index contributed by atoms with van der Waals surface area (Å²) < 4.78 is 21.9. The highest BCUT2D eigenvalue weighted by molar-refractivity contribution is 6.30. The molecule has 36 heavy (non-hydrogen) atoms. The number of allylic oxidation sites excluding steroid dienone is 3. The summed E-state index contributed by atoms with van der Waals surface area (Å²) in [6.07, 6.45) is 10.4. The minimum atomic E-state index is -0.0152. The Morgan fingerprint density at radius 2 is 1.75 bits per heavy atom. The van der Waals surface area contributed by atoms with Crippen LogP contribution in [0.5, 0.6) is 0 Å². The number of hydrazone groups is 2. The minimum Gasteiger partial charge on any atom is -0.483 e. The molecule has 0 aliphatic carbocycles. The van der Waals surface area contributed by atoms with Crippen LogP contribution in [0.4, 0.5) is 0 Å². The molecular weight excluding hydrogens is 503 g/mol. The number of rotatable bonds is 13. The van der Waals surface area contributed by atoms with Crippen LogP contribution in [0.2, 0.25) is 0 Å². The van der Waals surface area contributed by atoms with Crippen molar-refractivity contribution in [2.24, 2.45) is 28.0 Å². The Kier molecular flexibility index (Phi) is 12.8. The first-order chi connectivity index (χ1) is 17.3. The van der Waals surface area contributed by atoms with Crippen molar-refractivity contribution >= 4 is 35.0 Å². The first-order valence-corrected chi connectivity index (χ1v) is 12.8. The molecule has 3 atom stereocenters. The summed E-state index contributed by atoms with van der Waals surface area (Å²) in [4.78, 5) is 0. The quantitative estimate of drug-likeness (QED) is 0.225. The van der Waals surface area contributed by atoms with Crippen molar-refractivity contribution in [2.75, 3.05) is 55.7 Å². The first-order valence-electron chi connectivity index (χ1n) is 12.0. The molecule has 2 aliphatic heterocycles. The fourth-order valence-electron chi connectivity index (χ4n) is 4.49. The third kappa shape index (κ3) is 8.00. The zero-order chi connectivity index (χ0) is 26.7. The maximum Gasteiger partial charge on any atom is 0.213 e. The fraction of sp³-hybridized carbons (Fsp3) is 0.615. The van der Waals surface area contributed by atoms with Crippen molar-refractivity contribution in [3.8, 4) is 0 Å². The highest BCUT2D eigenvalue weighted by Crippen LogP contribution is 2.34. The number of hydrogen-bond acceptors (Lipinski definition) is 8. The molecule has 0 radical (unpaired) electrons. The molecule has 0 saturated carbocycles. The van der Waals surface area contributed by atoms with E-state index in [-0.39, 0.29) is 17.8 Å². The SMILES string of the molecule is C=CC(C/C=C\CCC1C(OC)=NN(C)C(Cl)=C1COC)CC(COC)C1=C(Cl)N(C)N=C(OC)C1. The Hall–Kier alpha value is -2.00. The molecular formula is C26H40Cl2N4O4. The van der Waals surface area contributed by atoms with Gasteiger partial charge in [-0.05, 0) is 37.2 Å². The Balaban J connectivity index is 2.00. The molecule has 0 aromatic heterocycles. The smallest absolute Gasteiger partial charge is 0.213 e. The molecule has 2 aliphatic rings. The summed E-state index contributed by atoms with van der Waals surface area (Å²) in [5.74, 6) is 1.67. The van der Waals surface area contributed by atoms with Gasteiger partial charge in [-0.25, -0.2) is 0 Å². The van der Waals surface area contributed by atoms with Crippen LogP contribution in [-0.4, -0.2) is 77.6 Å². The topological polar surface area (TPSA) is 68.1 Å². The Bertz CT molecular complexity index is 900. The molecule has 0 aromatic rings. The van der Waals surface area contributed by atoms with E-state index in [2.05, 4.69) is 28.9 Å². The third-order valence-electron chi connectivity index (χ3n) is 6.42. The largest absolute Gasteiger partial charge is 0.483 e. The van der Waals surface area contributed by atoms with E-state index in [1.165, 1.54) is 0 Å². The van der Waals surface area contributed by atoms with E-state index < -0.39 is 0 Å². The summed E-state index contributed by atoms with van der Waals surface area (Å²) in [6, 6.07) is 0. The predicted octanol–water partition coefficient (Wildman–Crippen LogP) is 5.53. The zero-order valence-electron chi connectivity index (χ0n) is 22.3. The number of halogens is 2. The van der Waals surface area contributed by atoms with E-state index in [1.54, 1.807) is 45.5 Å². The Morgan fingerprint density at radius 3 is 2.36 bits per heavy atom. The van der Waals surface area contributed by atoms with Gasteiger partial charge in [0.1, 0.15) is 10.3 Å². The summed E-state index contributed by atoms with van der Waals surface area (Å²) in [6.45, 7) is 5.07. The van der Waals surface area contributed by atoms with Gasteiger partial charge in [0.25, 0.3) is 0 Å². The van der Waals surface area contributed by atoms with Gasteiger partial charge >= 0.3 is 0 Å². The van der Waals surface area contributed by atoms with Gasteiger partial charge in [0.05, 0.1) is 39.8 Å². The molecule has 2 rings (SSSR count). The lowest BCUT2D eigenvalue weighted by molar-refractivity contribution is 0.153.